The van der Waals surface area contributed by atoms with Crippen LogP contribution in [0.4, 0.5) is 0 Å². The Morgan fingerprint density at radius 1 is 1.30 bits per heavy atom. The highest BCUT2D eigenvalue weighted by atomic mass is 35.5. The highest BCUT2D eigenvalue weighted by Gasteiger charge is 2.19. The number of H-pyrrole nitrogens is 1. The molecule has 1 aromatic carbocycles. The summed E-state index contributed by atoms with van der Waals surface area (Å²) in [4.78, 5) is 7.86. The number of rotatable bonds is 3. The Balaban J connectivity index is 0.000001000. The van der Waals surface area contributed by atoms with E-state index in [1.807, 2.05) is 24.4 Å². The fourth-order valence-corrected chi connectivity index (χ4v) is 2.37. The first-order chi connectivity index (χ1) is 8.86. The van der Waals surface area contributed by atoms with Gasteiger partial charge >= 0.3 is 0 Å². The van der Waals surface area contributed by atoms with Crippen LogP contribution in [0, 0.1) is 0 Å². The maximum Gasteiger partial charge on any atom is 0.123 e. The molecule has 4 nitrogen and oxygen atoms in total. The highest BCUT2D eigenvalue weighted by Crippen LogP contribution is 2.25. The monoisotopic (exact) mass is 315 g/mol. The molecular formula is C14H19Cl2N3O. The molecule has 1 atom stereocenters. The molecule has 2 heterocycles. The predicted octanol–water partition coefficient (Wildman–Crippen LogP) is 3.35. The van der Waals surface area contributed by atoms with Gasteiger partial charge in [0.15, 0.2) is 0 Å². The summed E-state index contributed by atoms with van der Waals surface area (Å²) in [5, 5.41) is 3.44. The molecule has 2 aromatic rings. The summed E-state index contributed by atoms with van der Waals surface area (Å²) < 4.78 is 5.24. The van der Waals surface area contributed by atoms with E-state index < -0.39 is 0 Å². The maximum atomic E-state index is 5.24. The molecular weight excluding hydrogens is 297 g/mol. The molecule has 0 bridgehead atoms. The molecule has 1 aliphatic rings. The summed E-state index contributed by atoms with van der Waals surface area (Å²) in [7, 11) is 1.68. The second kappa shape index (κ2) is 7.53. The fourth-order valence-electron chi connectivity index (χ4n) is 2.37. The zero-order valence-corrected chi connectivity index (χ0v) is 12.9. The lowest BCUT2D eigenvalue weighted by molar-refractivity contribution is 0.415. The number of benzene rings is 1. The summed E-state index contributed by atoms with van der Waals surface area (Å²) in [6, 6.07) is 8.38. The van der Waals surface area contributed by atoms with E-state index in [0.29, 0.717) is 6.04 Å². The van der Waals surface area contributed by atoms with Crippen molar-refractivity contribution < 1.29 is 4.74 Å². The molecule has 0 saturated carbocycles. The average Bonchev–Trinajstić information content (AvgIpc) is 3.09. The van der Waals surface area contributed by atoms with Crippen molar-refractivity contribution in [1.29, 1.82) is 0 Å². The minimum Gasteiger partial charge on any atom is -0.497 e. The van der Waals surface area contributed by atoms with E-state index in [0.717, 1.165) is 35.8 Å². The standard InChI is InChI=1S/C14H17N3O.2ClH/c1-18-11-5-2-4-10(8-11)13-9-16-14(17-13)12-6-3-7-15-12;;/h2,4-5,8-9,12,15H,3,6-7H2,1H3,(H,16,17);2*1H. The van der Waals surface area contributed by atoms with Crippen LogP contribution in [-0.4, -0.2) is 23.6 Å². The number of hydrogen-bond donors (Lipinski definition) is 2. The number of ether oxygens (including phenoxy) is 1. The Morgan fingerprint density at radius 2 is 2.15 bits per heavy atom. The first kappa shape index (κ1) is 16.8. The normalized spacial score (nSPS) is 17.1. The molecule has 0 amide bonds. The lowest BCUT2D eigenvalue weighted by Gasteiger charge is -2.06. The van der Waals surface area contributed by atoms with E-state index in [1.54, 1.807) is 7.11 Å². The number of aromatic amines is 1. The summed E-state index contributed by atoms with van der Waals surface area (Å²) in [5.74, 6) is 1.90. The van der Waals surface area contributed by atoms with Gasteiger partial charge in [0.2, 0.25) is 0 Å². The first-order valence-electron chi connectivity index (χ1n) is 6.29. The van der Waals surface area contributed by atoms with Crippen molar-refractivity contribution in [3.8, 4) is 17.0 Å². The largest absolute Gasteiger partial charge is 0.497 e. The number of methoxy groups -OCH3 is 1. The number of aromatic nitrogens is 2. The molecule has 1 unspecified atom stereocenters. The van der Waals surface area contributed by atoms with Gasteiger partial charge in [0, 0.05) is 5.56 Å². The van der Waals surface area contributed by atoms with Crippen LogP contribution < -0.4 is 10.1 Å². The van der Waals surface area contributed by atoms with Crippen LogP contribution in [0.15, 0.2) is 30.5 Å². The second-order valence-electron chi connectivity index (χ2n) is 4.56. The molecule has 6 heteroatoms. The maximum absolute atomic E-state index is 5.24. The van der Waals surface area contributed by atoms with Crippen LogP contribution in [0.2, 0.25) is 0 Å². The minimum absolute atomic E-state index is 0. The Bertz CT molecular complexity index is 539. The van der Waals surface area contributed by atoms with Gasteiger partial charge in [-0.25, -0.2) is 4.98 Å². The molecule has 1 saturated heterocycles. The lowest BCUT2D eigenvalue weighted by Crippen LogP contribution is -2.14. The van der Waals surface area contributed by atoms with Gasteiger partial charge in [-0.05, 0) is 31.5 Å². The summed E-state index contributed by atoms with van der Waals surface area (Å²) in [6.07, 6.45) is 4.27. The molecule has 2 N–H and O–H groups in total. The second-order valence-corrected chi connectivity index (χ2v) is 4.56. The zero-order chi connectivity index (χ0) is 12.4. The van der Waals surface area contributed by atoms with Crippen molar-refractivity contribution >= 4 is 24.8 Å². The molecule has 0 radical (unpaired) electrons. The fraction of sp³-hybridized carbons (Fsp3) is 0.357. The SMILES string of the molecule is COc1cccc(-c2cnc(C3CCCN3)[nH]2)c1.Cl.Cl. The van der Waals surface area contributed by atoms with Crippen molar-refractivity contribution in [3.05, 3.63) is 36.3 Å². The van der Waals surface area contributed by atoms with Crippen LogP contribution in [0.3, 0.4) is 0 Å². The molecule has 3 rings (SSSR count). The van der Waals surface area contributed by atoms with Crippen molar-refractivity contribution in [2.45, 2.75) is 18.9 Å². The van der Waals surface area contributed by atoms with Gasteiger partial charge in [-0.1, -0.05) is 12.1 Å². The van der Waals surface area contributed by atoms with Gasteiger partial charge in [0.1, 0.15) is 11.6 Å². The van der Waals surface area contributed by atoms with Gasteiger partial charge in [-0.3, -0.25) is 0 Å². The highest BCUT2D eigenvalue weighted by molar-refractivity contribution is 5.85. The average molecular weight is 316 g/mol. The zero-order valence-electron chi connectivity index (χ0n) is 11.3. The third-order valence-electron chi connectivity index (χ3n) is 3.37. The third-order valence-corrected chi connectivity index (χ3v) is 3.37. The quantitative estimate of drug-likeness (QED) is 0.913. The smallest absolute Gasteiger partial charge is 0.123 e. The van der Waals surface area contributed by atoms with Crippen LogP contribution in [0.25, 0.3) is 11.3 Å². The third kappa shape index (κ3) is 3.45. The van der Waals surface area contributed by atoms with Crippen LogP contribution in [0.5, 0.6) is 5.75 Å². The summed E-state index contributed by atoms with van der Waals surface area (Å²) in [5.41, 5.74) is 2.14. The van der Waals surface area contributed by atoms with Crippen LogP contribution in [0.1, 0.15) is 24.7 Å². The van der Waals surface area contributed by atoms with E-state index >= 15 is 0 Å². The number of imidazole rings is 1. The molecule has 0 aliphatic carbocycles. The molecule has 1 fully saturated rings. The van der Waals surface area contributed by atoms with Gasteiger partial charge in [0.25, 0.3) is 0 Å². The molecule has 1 aliphatic heterocycles. The number of halogens is 2. The van der Waals surface area contributed by atoms with E-state index in [4.69, 9.17) is 4.74 Å². The predicted molar refractivity (Wildman–Crippen MR) is 85.0 cm³/mol. The van der Waals surface area contributed by atoms with Crippen LogP contribution in [-0.2, 0) is 0 Å². The van der Waals surface area contributed by atoms with Gasteiger partial charge in [0.05, 0.1) is 25.0 Å². The molecule has 0 spiro atoms. The van der Waals surface area contributed by atoms with Crippen LogP contribution >= 0.6 is 24.8 Å². The topological polar surface area (TPSA) is 49.9 Å². The van der Waals surface area contributed by atoms with Gasteiger partial charge < -0.3 is 15.0 Å². The van der Waals surface area contributed by atoms with E-state index in [-0.39, 0.29) is 24.8 Å². The first-order valence-corrected chi connectivity index (χ1v) is 6.29. The number of nitrogens with zero attached hydrogens (tertiary/aromatic N) is 1. The van der Waals surface area contributed by atoms with Crippen molar-refractivity contribution in [3.63, 3.8) is 0 Å². The van der Waals surface area contributed by atoms with Gasteiger partial charge in [-0.15, -0.1) is 24.8 Å². The number of hydrogen-bond acceptors (Lipinski definition) is 3. The van der Waals surface area contributed by atoms with Crippen molar-refractivity contribution in [2.24, 2.45) is 0 Å². The Kier molecular flexibility index (Phi) is 6.33. The Labute approximate surface area is 131 Å². The minimum atomic E-state index is 0. The molecule has 1 aromatic heterocycles. The Morgan fingerprint density at radius 3 is 2.85 bits per heavy atom. The summed E-state index contributed by atoms with van der Waals surface area (Å²) >= 11 is 0. The van der Waals surface area contributed by atoms with E-state index in [9.17, 15) is 0 Å². The molecule has 20 heavy (non-hydrogen) atoms. The molecule has 110 valence electrons. The summed E-state index contributed by atoms with van der Waals surface area (Å²) in [6.45, 7) is 1.08. The Hall–Kier alpha value is -1.23. The van der Waals surface area contributed by atoms with E-state index in [2.05, 4.69) is 21.4 Å². The van der Waals surface area contributed by atoms with E-state index in [1.165, 1.54) is 6.42 Å². The number of nitrogens with one attached hydrogen (secondary N) is 2. The van der Waals surface area contributed by atoms with Crippen molar-refractivity contribution in [1.82, 2.24) is 15.3 Å². The lowest BCUT2D eigenvalue weighted by atomic mass is 10.1. The van der Waals surface area contributed by atoms with Crippen molar-refractivity contribution in [2.75, 3.05) is 13.7 Å². The van der Waals surface area contributed by atoms with Gasteiger partial charge in [-0.2, -0.15) is 0 Å².